The van der Waals surface area contributed by atoms with E-state index in [-0.39, 0.29) is 4.32 Å². The summed E-state index contributed by atoms with van der Waals surface area (Å²) in [7, 11) is 0. The molecule has 0 spiro atoms. The number of amides is 1. The lowest BCUT2D eigenvalue weighted by Gasteiger charge is -2.23. The Kier molecular flexibility index (Phi) is 3.53. The zero-order valence-corrected chi connectivity index (χ0v) is 10.9. The summed E-state index contributed by atoms with van der Waals surface area (Å²) >= 11 is 6.03. The van der Waals surface area contributed by atoms with E-state index in [0.29, 0.717) is 10.7 Å². The smallest absolute Gasteiger partial charge is 0.266 e. The number of furan rings is 1. The van der Waals surface area contributed by atoms with Crippen LogP contribution in [-0.4, -0.2) is 27.1 Å². The van der Waals surface area contributed by atoms with Gasteiger partial charge >= 0.3 is 0 Å². The number of thioether (sulfide) groups is 1. The second-order valence-electron chi connectivity index (χ2n) is 3.56. The van der Waals surface area contributed by atoms with Crippen molar-refractivity contribution in [3.8, 4) is 0 Å². The number of rotatable bonds is 3. The highest BCUT2D eigenvalue weighted by atomic mass is 32.2. The van der Waals surface area contributed by atoms with Gasteiger partial charge in [0, 0.05) is 6.08 Å². The fraction of sp³-hybridized carbons (Fsp3) is 0.182. The molecular formula is C11H8NO4S2-. The maximum atomic E-state index is 12.0. The van der Waals surface area contributed by atoms with Crippen LogP contribution in [-0.2, 0) is 9.59 Å². The second-order valence-corrected chi connectivity index (χ2v) is 5.24. The molecule has 94 valence electrons. The van der Waals surface area contributed by atoms with Crippen molar-refractivity contribution in [1.82, 2.24) is 4.90 Å². The molecule has 1 aromatic rings. The summed E-state index contributed by atoms with van der Waals surface area (Å²) in [6, 6.07) is 2.30. The fourth-order valence-electron chi connectivity index (χ4n) is 1.42. The molecule has 0 aromatic carbocycles. The van der Waals surface area contributed by atoms with Crippen molar-refractivity contribution in [2.45, 2.75) is 13.0 Å². The minimum Gasteiger partial charge on any atom is -0.548 e. The molecule has 0 saturated carbocycles. The van der Waals surface area contributed by atoms with Crippen LogP contribution < -0.4 is 5.11 Å². The van der Waals surface area contributed by atoms with E-state index in [1.54, 1.807) is 12.1 Å². The number of carboxylic acid groups (broad SMARTS) is 1. The molecule has 7 heteroatoms. The lowest BCUT2D eigenvalue weighted by molar-refractivity contribution is -0.309. The summed E-state index contributed by atoms with van der Waals surface area (Å²) in [6.07, 6.45) is 3.01. The number of thiocarbonyl (C=S) groups is 1. The predicted octanol–water partition coefficient (Wildman–Crippen LogP) is 0.619. The van der Waals surface area contributed by atoms with Crippen LogP contribution in [0.4, 0.5) is 0 Å². The van der Waals surface area contributed by atoms with Crippen molar-refractivity contribution in [2.24, 2.45) is 0 Å². The Morgan fingerprint density at radius 1 is 1.67 bits per heavy atom. The zero-order valence-electron chi connectivity index (χ0n) is 9.28. The van der Waals surface area contributed by atoms with E-state index in [1.165, 1.54) is 19.3 Å². The number of aliphatic carboxylic acids is 1. The number of carboxylic acids is 1. The zero-order chi connectivity index (χ0) is 13.3. The van der Waals surface area contributed by atoms with Crippen molar-refractivity contribution in [3.63, 3.8) is 0 Å². The molecule has 0 aliphatic carbocycles. The van der Waals surface area contributed by atoms with Crippen LogP contribution in [0.2, 0.25) is 0 Å². The Balaban J connectivity index is 2.27. The summed E-state index contributed by atoms with van der Waals surface area (Å²) in [5.74, 6) is -1.28. The second kappa shape index (κ2) is 4.95. The Morgan fingerprint density at radius 2 is 2.39 bits per heavy atom. The first kappa shape index (κ1) is 12.8. The van der Waals surface area contributed by atoms with Crippen molar-refractivity contribution in [1.29, 1.82) is 0 Å². The molecule has 1 unspecified atom stereocenters. The van der Waals surface area contributed by atoms with Gasteiger partial charge < -0.3 is 14.3 Å². The topological polar surface area (TPSA) is 73.6 Å². The van der Waals surface area contributed by atoms with Gasteiger partial charge in [0.05, 0.1) is 23.2 Å². The summed E-state index contributed by atoms with van der Waals surface area (Å²) in [6.45, 7) is 1.36. The van der Waals surface area contributed by atoms with Gasteiger partial charge in [0.2, 0.25) is 0 Å². The number of hydrogen-bond acceptors (Lipinski definition) is 6. The van der Waals surface area contributed by atoms with Gasteiger partial charge in [-0.25, -0.2) is 0 Å². The van der Waals surface area contributed by atoms with Gasteiger partial charge in [0.15, 0.2) is 0 Å². The Bertz CT molecular complexity index is 535. The van der Waals surface area contributed by atoms with Gasteiger partial charge in [-0.05, 0) is 19.1 Å². The lowest BCUT2D eigenvalue weighted by atomic mass is 10.3. The molecule has 1 saturated heterocycles. The molecule has 1 aliphatic rings. The van der Waals surface area contributed by atoms with E-state index in [0.717, 1.165) is 16.7 Å². The molecule has 18 heavy (non-hydrogen) atoms. The predicted molar refractivity (Wildman–Crippen MR) is 68.2 cm³/mol. The maximum absolute atomic E-state index is 12.0. The van der Waals surface area contributed by atoms with E-state index in [4.69, 9.17) is 16.6 Å². The molecule has 0 radical (unpaired) electrons. The first-order chi connectivity index (χ1) is 8.50. The van der Waals surface area contributed by atoms with Gasteiger partial charge in [0.25, 0.3) is 5.91 Å². The molecule has 1 atom stereocenters. The van der Waals surface area contributed by atoms with E-state index >= 15 is 0 Å². The normalized spacial score (nSPS) is 19.6. The monoisotopic (exact) mass is 282 g/mol. The Labute approximate surface area is 112 Å². The van der Waals surface area contributed by atoms with E-state index in [2.05, 4.69) is 0 Å². The molecule has 1 aliphatic heterocycles. The first-order valence-electron chi connectivity index (χ1n) is 5.02. The molecule has 5 nitrogen and oxygen atoms in total. The molecule has 2 heterocycles. The van der Waals surface area contributed by atoms with E-state index in [1.807, 2.05) is 0 Å². The average molecular weight is 282 g/mol. The highest BCUT2D eigenvalue weighted by Gasteiger charge is 2.35. The van der Waals surface area contributed by atoms with Crippen molar-refractivity contribution >= 4 is 46.3 Å². The minimum atomic E-state index is -1.34. The molecule has 2 rings (SSSR count). The molecule has 1 amide bonds. The van der Waals surface area contributed by atoms with Crippen LogP contribution >= 0.6 is 24.0 Å². The third kappa shape index (κ3) is 2.32. The fourth-order valence-corrected chi connectivity index (χ4v) is 2.82. The van der Waals surface area contributed by atoms with E-state index < -0.39 is 17.9 Å². The molecule has 1 fully saturated rings. The van der Waals surface area contributed by atoms with Crippen molar-refractivity contribution in [3.05, 3.63) is 29.1 Å². The van der Waals surface area contributed by atoms with Gasteiger partial charge in [-0.2, -0.15) is 0 Å². The van der Waals surface area contributed by atoms with Crippen LogP contribution in [0.3, 0.4) is 0 Å². The summed E-state index contributed by atoms with van der Waals surface area (Å²) in [5.41, 5.74) is 0. The largest absolute Gasteiger partial charge is 0.548 e. The number of carbonyl (C=O) groups excluding carboxylic acids is 2. The molecule has 0 N–H and O–H groups in total. The molecule has 0 bridgehead atoms. The van der Waals surface area contributed by atoms with Crippen LogP contribution in [0.25, 0.3) is 6.08 Å². The van der Waals surface area contributed by atoms with Gasteiger partial charge in [-0.15, -0.1) is 0 Å². The summed E-state index contributed by atoms with van der Waals surface area (Å²) in [5, 5.41) is 10.8. The number of nitrogens with zero attached hydrogens (tertiary/aromatic N) is 1. The van der Waals surface area contributed by atoms with Gasteiger partial charge in [-0.1, -0.05) is 24.0 Å². The van der Waals surface area contributed by atoms with Gasteiger partial charge in [-0.3, -0.25) is 9.69 Å². The third-order valence-electron chi connectivity index (χ3n) is 2.37. The average Bonchev–Trinajstić information content (AvgIpc) is 2.88. The van der Waals surface area contributed by atoms with Crippen LogP contribution in [0.5, 0.6) is 0 Å². The SMILES string of the molecule is CC(C(=O)[O-])N1C(=O)/C(=C\c2ccco2)SC1=S. The van der Waals surface area contributed by atoms with Crippen molar-refractivity contribution in [2.75, 3.05) is 0 Å². The number of hydrogen-bond donors (Lipinski definition) is 0. The van der Waals surface area contributed by atoms with E-state index in [9.17, 15) is 14.7 Å². The summed E-state index contributed by atoms with van der Waals surface area (Å²) < 4.78 is 5.29. The minimum absolute atomic E-state index is 0.203. The van der Waals surface area contributed by atoms with Crippen LogP contribution in [0, 0.1) is 0 Å². The lowest BCUT2D eigenvalue weighted by Crippen LogP contribution is -2.48. The number of carbonyl (C=O) groups is 2. The van der Waals surface area contributed by atoms with Crippen LogP contribution in [0.1, 0.15) is 12.7 Å². The third-order valence-corrected chi connectivity index (χ3v) is 3.70. The highest BCUT2D eigenvalue weighted by molar-refractivity contribution is 8.26. The first-order valence-corrected chi connectivity index (χ1v) is 6.24. The van der Waals surface area contributed by atoms with Crippen LogP contribution in [0.15, 0.2) is 27.7 Å². The maximum Gasteiger partial charge on any atom is 0.266 e. The summed E-state index contributed by atoms with van der Waals surface area (Å²) in [4.78, 5) is 24.2. The molecule has 1 aromatic heterocycles. The van der Waals surface area contributed by atoms with Gasteiger partial charge in [0.1, 0.15) is 10.1 Å². The quantitative estimate of drug-likeness (QED) is 0.597. The van der Waals surface area contributed by atoms with Crippen molar-refractivity contribution < 1.29 is 19.1 Å². The highest BCUT2D eigenvalue weighted by Crippen LogP contribution is 2.33. The molecular weight excluding hydrogens is 274 g/mol. The Hall–Kier alpha value is -1.60. The standard InChI is InChI=1S/C11H9NO4S2/c1-6(10(14)15)12-9(13)8(18-11(12)17)5-7-3-2-4-16-7/h2-6H,1H3,(H,14,15)/p-1/b8-5+. The Morgan fingerprint density at radius 3 is 2.94 bits per heavy atom.